The van der Waals surface area contributed by atoms with Gasteiger partial charge >= 0.3 is 0 Å². The topological polar surface area (TPSA) is 34.6 Å². The number of nitrogens with zero attached hydrogens (tertiary/aromatic N) is 2. The Morgan fingerprint density at radius 1 is 1.03 bits per heavy atom. The Hall–Kier alpha value is -2.43. The number of piperidine rings is 1. The third-order valence-electron chi connectivity index (χ3n) is 8.27. The lowest BCUT2D eigenvalue weighted by molar-refractivity contribution is -0.129. The summed E-state index contributed by atoms with van der Waals surface area (Å²) in [6, 6.07) is 19.5. The Morgan fingerprint density at radius 2 is 1.91 bits per heavy atom. The first-order valence-corrected chi connectivity index (χ1v) is 11.9. The molecule has 4 nitrogen and oxygen atoms in total. The SMILES string of the molecule is COc1cccc([C@@]23CCN(CC4CC4)C[C@@]2(OC)Cc2cc4ccccc4nc2C3)c1. The lowest BCUT2D eigenvalue weighted by atomic mass is 9.55. The van der Waals surface area contributed by atoms with Crippen LogP contribution in [0.1, 0.15) is 36.1 Å². The van der Waals surface area contributed by atoms with Crippen molar-refractivity contribution in [3.05, 3.63) is 71.4 Å². The normalized spacial score (nSPS) is 27.7. The van der Waals surface area contributed by atoms with Crippen molar-refractivity contribution in [2.75, 3.05) is 33.9 Å². The van der Waals surface area contributed by atoms with Crippen LogP contribution in [-0.4, -0.2) is 49.3 Å². The van der Waals surface area contributed by atoms with Crippen LogP contribution >= 0.6 is 0 Å². The van der Waals surface area contributed by atoms with Crippen molar-refractivity contribution in [1.29, 1.82) is 0 Å². The number of ether oxygens (including phenoxy) is 2. The molecule has 2 aliphatic carbocycles. The molecular weight excluding hydrogens is 396 g/mol. The second-order valence-electron chi connectivity index (χ2n) is 10.1. The van der Waals surface area contributed by atoms with Gasteiger partial charge in [0.15, 0.2) is 0 Å². The van der Waals surface area contributed by atoms with Crippen molar-refractivity contribution in [1.82, 2.24) is 9.88 Å². The van der Waals surface area contributed by atoms with E-state index in [1.165, 1.54) is 41.6 Å². The quantitative estimate of drug-likeness (QED) is 0.586. The molecule has 1 saturated heterocycles. The van der Waals surface area contributed by atoms with Crippen LogP contribution < -0.4 is 4.74 Å². The van der Waals surface area contributed by atoms with E-state index in [4.69, 9.17) is 14.5 Å². The number of pyridine rings is 1. The van der Waals surface area contributed by atoms with Gasteiger partial charge in [0, 0.05) is 49.5 Å². The first-order valence-electron chi connectivity index (χ1n) is 11.9. The maximum absolute atomic E-state index is 6.60. The van der Waals surface area contributed by atoms with E-state index in [2.05, 4.69) is 53.4 Å². The number of rotatable bonds is 5. The van der Waals surface area contributed by atoms with Crippen molar-refractivity contribution >= 4 is 10.9 Å². The van der Waals surface area contributed by atoms with Crippen molar-refractivity contribution in [3.63, 3.8) is 0 Å². The fourth-order valence-electron chi connectivity index (χ4n) is 6.33. The summed E-state index contributed by atoms with van der Waals surface area (Å²) in [5, 5.41) is 1.22. The van der Waals surface area contributed by atoms with E-state index in [0.717, 1.165) is 49.5 Å². The minimum Gasteiger partial charge on any atom is -0.497 e. The zero-order chi connectivity index (χ0) is 21.8. The molecule has 6 rings (SSSR count). The molecule has 4 heteroatoms. The second-order valence-corrected chi connectivity index (χ2v) is 10.1. The molecule has 1 saturated carbocycles. The Kier molecular flexibility index (Phi) is 4.78. The van der Waals surface area contributed by atoms with Crippen LogP contribution in [0, 0.1) is 5.92 Å². The summed E-state index contributed by atoms with van der Waals surface area (Å²) in [5.74, 6) is 1.80. The number of para-hydroxylation sites is 1. The minimum absolute atomic E-state index is 0.112. The number of aromatic nitrogens is 1. The van der Waals surface area contributed by atoms with Gasteiger partial charge in [0.1, 0.15) is 5.75 Å². The van der Waals surface area contributed by atoms with Gasteiger partial charge in [-0.05, 0) is 67.1 Å². The number of benzene rings is 2. The average molecular weight is 429 g/mol. The zero-order valence-corrected chi connectivity index (χ0v) is 19.1. The molecule has 32 heavy (non-hydrogen) atoms. The summed E-state index contributed by atoms with van der Waals surface area (Å²) in [7, 11) is 3.68. The number of fused-ring (bicyclic) bond motifs is 3. The Labute approximate surface area is 190 Å². The lowest BCUT2D eigenvalue weighted by Gasteiger charge is -2.58. The number of methoxy groups -OCH3 is 2. The van der Waals surface area contributed by atoms with Crippen molar-refractivity contribution in [2.24, 2.45) is 5.92 Å². The maximum atomic E-state index is 6.60. The van der Waals surface area contributed by atoms with Gasteiger partial charge < -0.3 is 14.4 Å². The van der Waals surface area contributed by atoms with Gasteiger partial charge in [0.05, 0.1) is 18.2 Å². The number of hydrogen-bond donors (Lipinski definition) is 0. The number of hydrogen-bond acceptors (Lipinski definition) is 4. The van der Waals surface area contributed by atoms with Gasteiger partial charge in [-0.15, -0.1) is 0 Å². The molecule has 2 atom stereocenters. The third-order valence-corrected chi connectivity index (χ3v) is 8.27. The van der Waals surface area contributed by atoms with E-state index in [-0.39, 0.29) is 11.0 Å². The van der Waals surface area contributed by atoms with Crippen LogP contribution in [0.25, 0.3) is 10.9 Å². The standard InChI is InChI=1S/C28H32N2O2/c1-31-24-8-5-7-23(15-24)27-12-13-30(18-20-10-11-20)19-28(27,32-2)16-22-14-21-6-3-4-9-25(21)29-26(22)17-27/h3-9,14-15,20H,10-13,16-19H2,1-2H3/t27-,28-/m0/s1. The monoisotopic (exact) mass is 428 g/mol. The molecular formula is C28H32N2O2. The molecule has 0 radical (unpaired) electrons. The fourth-order valence-corrected chi connectivity index (χ4v) is 6.33. The zero-order valence-electron chi connectivity index (χ0n) is 19.1. The second kappa shape index (κ2) is 7.57. The molecule has 166 valence electrons. The smallest absolute Gasteiger partial charge is 0.119 e. The van der Waals surface area contributed by atoms with E-state index in [0.29, 0.717) is 0 Å². The van der Waals surface area contributed by atoms with Crippen molar-refractivity contribution in [3.8, 4) is 5.75 Å². The maximum Gasteiger partial charge on any atom is 0.119 e. The Morgan fingerprint density at radius 3 is 2.72 bits per heavy atom. The van der Waals surface area contributed by atoms with E-state index < -0.39 is 0 Å². The van der Waals surface area contributed by atoms with Crippen LogP contribution in [0.3, 0.4) is 0 Å². The Bertz CT molecular complexity index is 1160. The van der Waals surface area contributed by atoms with E-state index in [1.54, 1.807) is 7.11 Å². The van der Waals surface area contributed by atoms with Gasteiger partial charge in [-0.25, -0.2) is 0 Å². The summed E-state index contributed by atoms with van der Waals surface area (Å²) in [6.07, 6.45) is 5.65. The fraction of sp³-hybridized carbons (Fsp3) is 0.464. The Balaban J connectivity index is 1.50. The summed E-state index contributed by atoms with van der Waals surface area (Å²) < 4.78 is 12.2. The summed E-state index contributed by atoms with van der Waals surface area (Å²) >= 11 is 0. The largest absolute Gasteiger partial charge is 0.497 e. The lowest BCUT2D eigenvalue weighted by Crippen LogP contribution is -2.67. The highest BCUT2D eigenvalue weighted by Crippen LogP contribution is 2.52. The van der Waals surface area contributed by atoms with Gasteiger partial charge in [0.2, 0.25) is 0 Å². The predicted octanol–water partition coefficient (Wildman–Crippen LogP) is 4.78. The summed E-state index contributed by atoms with van der Waals surface area (Å²) in [4.78, 5) is 7.83. The average Bonchev–Trinajstić information content (AvgIpc) is 3.65. The highest BCUT2D eigenvalue weighted by Gasteiger charge is 2.59. The van der Waals surface area contributed by atoms with Crippen molar-refractivity contribution in [2.45, 2.75) is 43.1 Å². The third kappa shape index (κ3) is 3.15. The van der Waals surface area contributed by atoms with Crippen molar-refractivity contribution < 1.29 is 9.47 Å². The summed E-state index contributed by atoms with van der Waals surface area (Å²) in [6.45, 7) is 3.30. The molecule has 1 aliphatic heterocycles. The first kappa shape index (κ1) is 20.2. The molecule has 0 amide bonds. The molecule has 0 spiro atoms. The predicted molar refractivity (Wildman–Crippen MR) is 127 cm³/mol. The van der Waals surface area contributed by atoms with E-state index in [9.17, 15) is 0 Å². The first-order chi connectivity index (χ1) is 15.6. The molecule has 2 fully saturated rings. The minimum atomic E-state index is -0.274. The van der Waals surface area contributed by atoms with Crippen LogP contribution in [0.4, 0.5) is 0 Å². The highest BCUT2D eigenvalue weighted by molar-refractivity contribution is 5.79. The highest BCUT2D eigenvalue weighted by atomic mass is 16.5. The number of likely N-dealkylation sites (tertiary alicyclic amines) is 1. The summed E-state index contributed by atoms with van der Waals surface area (Å²) in [5.41, 5.74) is 4.60. The van der Waals surface area contributed by atoms with Gasteiger partial charge in [-0.2, -0.15) is 0 Å². The van der Waals surface area contributed by atoms with Gasteiger partial charge in [-0.1, -0.05) is 30.3 Å². The molecule has 2 heterocycles. The molecule has 0 unspecified atom stereocenters. The molecule has 2 aromatic carbocycles. The van der Waals surface area contributed by atoms with Crippen LogP contribution in [0.2, 0.25) is 0 Å². The van der Waals surface area contributed by atoms with Crippen LogP contribution in [0.5, 0.6) is 5.75 Å². The molecule has 0 bridgehead atoms. The molecule has 1 aromatic heterocycles. The molecule has 0 N–H and O–H groups in total. The van der Waals surface area contributed by atoms with E-state index >= 15 is 0 Å². The van der Waals surface area contributed by atoms with E-state index in [1.807, 2.05) is 13.2 Å². The molecule has 3 aliphatic rings. The van der Waals surface area contributed by atoms with Gasteiger partial charge in [-0.3, -0.25) is 4.98 Å². The van der Waals surface area contributed by atoms with Crippen LogP contribution in [0.15, 0.2) is 54.6 Å². The van der Waals surface area contributed by atoms with Crippen LogP contribution in [-0.2, 0) is 23.0 Å². The molecule has 3 aromatic rings. The van der Waals surface area contributed by atoms with Gasteiger partial charge in [0.25, 0.3) is 0 Å².